The van der Waals surface area contributed by atoms with Gasteiger partial charge in [-0.25, -0.2) is 0 Å². The van der Waals surface area contributed by atoms with E-state index >= 15 is 0 Å². The predicted molar refractivity (Wildman–Crippen MR) is 73.9 cm³/mol. The standard InChI is InChI=1S/C11H27O3PSi/c1-6-12-16(13-7-2,14-8-3)11(4,5)9-10-15/h6-10,15H2,1-5H3. The highest BCUT2D eigenvalue weighted by atomic mass is 31.0. The molecule has 0 aromatic carbocycles. The molecule has 0 spiro atoms. The van der Waals surface area contributed by atoms with Crippen molar-refractivity contribution in [1.82, 2.24) is 0 Å². The molecule has 98 valence electrons. The molecule has 0 fully saturated rings. The molecule has 0 bridgehead atoms. The van der Waals surface area contributed by atoms with E-state index < -0.39 is 8.80 Å². The van der Waals surface area contributed by atoms with Crippen LogP contribution in [0.5, 0.6) is 0 Å². The molecule has 0 heterocycles. The maximum Gasteiger partial charge on any atom is 0.506 e. The van der Waals surface area contributed by atoms with Crippen LogP contribution in [0.2, 0.25) is 5.04 Å². The second kappa shape index (κ2) is 7.78. The number of rotatable bonds is 9. The molecule has 0 aromatic rings. The second-order valence-corrected chi connectivity index (χ2v) is 8.19. The maximum atomic E-state index is 5.91. The summed E-state index contributed by atoms with van der Waals surface area (Å²) in [6.45, 7) is 12.3. The largest absolute Gasteiger partial charge is 0.506 e. The average molecular weight is 266 g/mol. The van der Waals surface area contributed by atoms with Crippen molar-refractivity contribution in [3.05, 3.63) is 0 Å². The van der Waals surface area contributed by atoms with E-state index in [9.17, 15) is 0 Å². The Bertz CT molecular complexity index is 171. The lowest BCUT2D eigenvalue weighted by Gasteiger charge is -2.40. The summed E-state index contributed by atoms with van der Waals surface area (Å²) < 4.78 is 17.7. The molecule has 3 nitrogen and oxygen atoms in total. The highest BCUT2D eigenvalue weighted by Gasteiger charge is 2.54. The lowest BCUT2D eigenvalue weighted by molar-refractivity contribution is 0.0475. The van der Waals surface area contributed by atoms with Crippen LogP contribution in [0.15, 0.2) is 0 Å². The molecule has 0 aliphatic carbocycles. The van der Waals surface area contributed by atoms with Gasteiger partial charge in [-0.15, -0.1) is 9.24 Å². The Kier molecular flexibility index (Phi) is 8.03. The van der Waals surface area contributed by atoms with Crippen molar-refractivity contribution in [1.29, 1.82) is 0 Å². The van der Waals surface area contributed by atoms with Crippen molar-refractivity contribution >= 4 is 18.0 Å². The predicted octanol–water partition coefficient (Wildman–Crippen LogP) is 3.08. The first-order chi connectivity index (χ1) is 7.49. The van der Waals surface area contributed by atoms with E-state index in [1.54, 1.807) is 0 Å². The first kappa shape index (κ1) is 16.5. The second-order valence-electron chi connectivity index (χ2n) is 4.28. The Morgan fingerprint density at radius 2 is 1.31 bits per heavy atom. The minimum atomic E-state index is -2.56. The molecule has 16 heavy (non-hydrogen) atoms. The first-order valence-electron chi connectivity index (χ1n) is 6.11. The number of hydrogen-bond acceptors (Lipinski definition) is 3. The van der Waals surface area contributed by atoms with Crippen molar-refractivity contribution in [2.75, 3.05) is 26.0 Å². The highest BCUT2D eigenvalue weighted by molar-refractivity contribution is 7.16. The van der Waals surface area contributed by atoms with Gasteiger partial charge in [0, 0.05) is 24.9 Å². The molecule has 0 aliphatic heterocycles. The third kappa shape index (κ3) is 4.08. The quantitative estimate of drug-likeness (QED) is 0.474. The smallest absolute Gasteiger partial charge is 0.373 e. The summed E-state index contributed by atoms with van der Waals surface area (Å²) in [5.74, 6) is 0. The van der Waals surface area contributed by atoms with E-state index in [1.165, 1.54) is 0 Å². The van der Waals surface area contributed by atoms with Gasteiger partial charge in [-0.05, 0) is 33.4 Å². The van der Waals surface area contributed by atoms with Crippen molar-refractivity contribution in [2.45, 2.75) is 46.1 Å². The zero-order valence-corrected chi connectivity index (χ0v) is 13.5. The van der Waals surface area contributed by atoms with Gasteiger partial charge in [-0.2, -0.15) is 0 Å². The molecule has 1 atom stereocenters. The highest BCUT2D eigenvalue weighted by Crippen LogP contribution is 2.42. The summed E-state index contributed by atoms with van der Waals surface area (Å²) in [5.41, 5.74) is 0. The average Bonchev–Trinajstić information content (AvgIpc) is 2.18. The monoisotopic (exact) mass is 266 g/mol. The van der Waals surface area contributed by atoms with E-state index in [-0.39, 0.29) is 5.04 Å². The molecule has 1 unspecified atom stereocenters. The Morgan fingerprint density at radius 1 is 0.938 bits per heavy atom. The summed E-state index contributed by atoms with van der Waals surface area (Å²) in [6.07, 6.45) is 2.07. The van der Waals surface area contributed by atoms with Crippen LogP contribution < -0.4 is 0 Å². The fourth-order valence-electron chi connectivity index (χ4n) is 1.80. The Labute approximate surface area is 104 Å². The van der Waals surface area contributed by atoms with E-state index in [0.29, 0.717) is 19.8 Å². The van der Waals surface area contributed by atoms with Crippen molar-refractivity contribution < 1.29 is 13.3 Å². The van der Waals surface area contributed by atoms with Crippen molar-refractivity contribution in [3.63, 3.8) is 0 Å². The van der Waals surface area contributed by atoms with Gasteiger partial charge in [-0.1, -0.05) is 13.8 Å². The Hall–Kier alpha value is 0.527. The van der Waals surface area contributed by atoms with Crippen LogP contribution in [-0.4, -0.2) is 34.8 Å². The van der Waals surface area contributed by atoms with Gasteiger partial charge < -0.3 is 13.3 Å². The van der Waals surface area contributed by atoms with Crippen LogP contribution in [0.1, 0.15) is 41.0 Å². The summed E-state index contributed by atoms with van der Waals surface area (Å²) in [6, 6.07) is 0. The SMILES string of the molecule is CCO[Si](OCC)(OCC)C(C)(C)CCP. The lowest BCUT2D eigenvalue weighted by Crippen LogP contribution is -2.54. The minimum absolute atomic E-state index is 0.0310. The van der Waals surface area contributed by atoms with Crippen molar-refractivity contribution in [2.24, 2.45) is 0 Å². The Balaban J connectivity index is 4.96. The molecular formula is C11H27O3PSi. The van der Waals surface area contributed by atoms with Gasteiger partial charge in [-0.3, -0.25) is 0 Å². The molecule has 0 radical (unpaired) electrons. The normalized spacial score (nSPS) is 13.1. The van der Waals surface area contributed by atoms with Crippen LogP contribution in [0.3, 0.4) is 0 Å². The van der Waals surface area contributed by atoms with Gasteiger partial charge in [0.15, 0.2) is 0 Å². The molecule has 0 N–H and O–H groups in total. The van der Waals surface area contributed by atoms with Gasteiger partial charge in [0.05, 0.1) is 0 Å². The molecule has 0 aliphatic rings. The molecule has 0 saturated carbocycles. The summed E-state index contributed by atoms with van der Waals surface area (Å²) in [5, 5.41) is -0.0310. The summed E-state index contributed by atoms with van der Waals surface area (Å²) >= 11 is 0. The minimum Gasteiger partial charge on any atom is -0.373 e. The zero-order valence-electron chi connectivity index (χ0n) is 11.3. The fraction of sp³-hybridized carbons (Fsp3) is 1.00. The molecule has 0 aromatic heterocycles. The zero-order chi connectivity index (χ0) is 12.7. The molecular weight excluding hydrogens is 239 g/mol. The number of hydrogen-bond donors (Lipinski definition) is 0. The van der Waals surface area contributed by atoms with Crippen LogP contribution >= 0.6 is 9.24 Å². The van der Waals surface area contributed by atoms with Gasteiger partial charge in [0.1, 0.15) is 0 Å². The van der Waals surface area contributed by atoms with Crippen LogP contribution in [0.4, 0.5) is 0 Å². The summed E-state index contributed by atoms with van der Waals surface area (Å²) in [4.78, 5) is 0. The van der Waals surface area contributed by atoms with Gasteiger partial charge in [0.2, 0.25) is 0 Å². The van der Waals surface area contributed by atoms with E-state index in [1.807, 2.05) is 20.8 Å². The molecule has 0 rings (SSSR count). The van der Waals surface area contributed by atoms with Gasteiger partial charge >= 0.3 is 8.80 Å². The maximum absolute atomic E-state index is 5.91. The third-order valence-corrected chi connectivity index (χ3v) is 6.80. The molecule has 0 amide bonds. The molecule has 5 heteroatoms. The van der Waals surface area contributed by atoms with Crippen molar-refractivity contribution in [3.8, 4) is 0 Å². The topological polar surface area (TPSA) is 27.7 Å². The first-order valence-corrected chi connectivity index (χ1v) is 8.65. The molecule has 0 saturated heterocycles. The van der Waals surface area contributed by atoms with Crippen LogP contribution in [0, 0.1) is 0 Å². The van der Waals surface area contributed by atoms with Crippen LogP contribution in [-0.2, 0) is 13.3 Å². The Morgan fingerprint density at radius 3 is 1.56 bits per heavy atom. The van der Waals surface area contributed by atoms with Gasteiger partial charge in [0.25, 0.3) is 0 Å². The van der Waals surface area contributed by atoms with E-state index in [0.717, 1.165) is 12.6 Å². The van der Waals surface area contributed by atoms with Crippen LogP contribution in [0.25, 0.3) is 0 Å². The van der Waals surface area contributed by atoms with E-state index in [4.69, 9.17) is 13.3 Å². The lowest BCUT2D eigenvalue weighted by atomic mass is 10.1. The fourth-order valence-corrected chi connectivity index (χ4v) is 5.82. The summed E-state index contributed by atoms with van der Waals surface area (Å²) in [7, 11) is 0.206. The third-order valence-electron chi connectivity index (χ3n) is 2.60. The van der Waals surface area contributed by atoms with E-state index in [2.05, 4.69) is 23.1 Å².